The minimum absolute atomic E-state index is 0.215. The predicted molar refractivity (Wildman–Crippen MR) is 42.6 cm³/mol. The van der Waals surface area contributed by atoms with Gasteiger partial charge in [-0.1, -0.05) is 0 Å². The molecule has 54 valence electrons. The Morgan fingerprint density at radius 3 is 2.70 bits per heavy atom. The van der Waals surface area contributed by atoms with E-state index in [0.29, 0.717) is 0 Å². The number of hydrogen-bond donors (Lipinski definition) is 1. The molecule has 1 aromatic carbocycles. The van der Waals surface area contributed by atoms with Crippen LogP contribution in [0.2, 0.25) is 0 Å². The molecule has 0 fully saturated rings. The molecule has 0 aliphatic carbocycles. The fraction of sp³-hybridized carbons (Fsp3) is 0.143. The Morgan fingerprint density at radius 1 is 1.50 bits per heavy atom. The van der Waals surface area contributed by atoms with Crippen molar-refractivity contribution in [3.63, 3.8) is 0 Å². The molecule has 0 saturated carbocycles. The Labute approximate surface area is 63.4 Å². The Bertz CT molecular complexity index is 237. The minimum Gasteiger partial charge on any atom is -0.396 e. The summed E-state index contributed by atoms with van der Waals surface area (Å²) in [5.74, 6) is -0.349. The van der Waals surface area contributed by atoms with Crippen LogP contribution >= 0.6 is 11.8 Å². The first-order chi connectivity index (χ1) is 4.74. The van der Waals surface area contributed by atoms with Crippen molar-refractivity contribution in [3.8, 4) is 0 Å². The Hall–Kier alpha value is -0.700. The number of hydrogen-bond acceptors (Lipinski definition) is 2. The molecule has 0 aromatic heterocycles. The number of nitrogen functional groups attached to an aromatic ring is 1. The van der Waals surface area contributed by atoms with E-state index in [9.17, 15) is 4.39 Å². The lowest BCUT2D eigenvalue weighted by Crippen LogP contribution is -1.89. The molecule has 10 heavy (non-hydrogen) atoms. The second-order valence-corrected chi connectivity index (χ2v) is 2.77. The molecule has 0 heterocycles. The third kappa shape index (κ3) is 1.42. The van der Waals surface area contributed by atoms with E-state index in [1.165, 1.54) is 6.07 Å². The van der Waals surface area contributed by atoms with Crippen LogP contribution in [-0.4, -0.2) is 6.26 Å². The maximum atomic E-state index is 12.5. The monoisotopic (exact) mass is 157 g/mol. The van der Waals surface area contributed by atoms with Crippen molar-refractivity contribution >= 4 is 17.4 Å². The van der Waals surface area contributed by atoms with Gasteiger partial charge >= 0.3 is 0 Å². The second kappa shape index (κ2) is 2.92. The van der Waals surface area contributed by atoms with E-state index in [1.54, 1.807) is 23.9 Å². The van der Waals surface area contributed by atoms with Gasteiger partial charge in [0.25, 0.3) is 0 Å². The van der Waals surface area contributed by atoms with Crippen LogP contribution in [0.15, 0.2) is 23.1 Å². The molecule has 0 radical (unpaired) electrons. The summed E-state index contributed by atoms with van der Waals surface area (Å²) in [5, 5.41) is 0. The molecule has 0 spiro atoms. The van der Waals surface area contributed by atoms with Gasteiger partial charge in [0.05, 0.1) is 5.69 Å². The normalized spacial score (nSPS) is 9.80. The van der Waals surface area contributed by atoms with Crippen molar-refractivity contribution in [2.24, 2.45) is 0 Å². The van der Waals surface area contributed by atoms with E-state index in [4.69, 9.17) is 5.73 Å². The molecule has 0 amide bonds. The highest BCUT2D eigenvalue weighted by Gasteiger charge is 1.96. The van der Waals surface area contributed by atoms with Gasteiger partial charge < -0.3 is 5.73 Å². The molecular formula is C7H8FNS. The van der Waals surface area contributed by atoms with Gasteiger partial charge in [-0.3, -0.25) is 0 Å². The molecule has 1 nitrogen and oxygen atoms in total. The lowest BCUT2D eigenvalue weighted by Gasteiger charge is -1.97. The highest BCUT2D eigenvalue weighted by atomic mass is 32.2. The van der Waals surface area contributed by atoms with Crippen LogP contribution in [0.4, 0.5) is 10.1 Å². The Kier molecular flexibility index (Phi) is 2.17. The third-order valence-corrected chi connectivity index (χ3v) is 1.93. The summed E-state index contributed by atoms with van der Waals surface area (Å²) in [4.78, 5) is 0.985. The van der Waals surface area contributed by atoms with E-state index >= 15 is 0 Å². The smallest absolute Gasteiger partial charge is 0.146 e. The lowest BCUT2D eigenvalue weighted by atomic mass is 10.3. The van der Waals surface area contributed by atoms with E-state index < -0.39 is 0 Å². The fourth-order valence-electron chi connectivity index (χ4n) is 0.649. The molecule has 1 aromatic rings. The van der Waals surface area contributed by atoms with Crippen molar-refractivity contribution in [1.82, 2.24) is 0 Å². The highest BCUT2D eigenvalue weighted by molar-refractivity contribution is 7.98. The van der Waals surface area contributed by atoms with Crippen LogP contribution in [0.3, 0.4) is 0 Å². The molecule has 0 atom stereocenters. The second-order valence-electron chi connectivity index (χ2n) is 1.89. The molecule has 1 rings (SSSR count). The average Bonchev–Trinajstić information content (AvgIpc) is 1.95. The first kappa shape index (κ1) is 7.41. The van der Waals surface area contributed by atoms with Crippen molar-refractivity contribution in [1.29, 1.82) is 0 Å². The van der Waals surface area contributed by atoms with Crippen LogP contribution in [0.5, 0.6) is 0 Å². The van der Waals surface area contributed by atoms with E-state index in [1.807, 2.05) is 6.26 Å². The summed E-state index contributed by atoms with van der Waals surface area (Å²) in [6, 6.07) is 4.71. The minimum atomic E-state index is -0.349. The number of nitrogens with two attached hydrogens (primary N) is 1. The number of thioether (sulfide) groups is 1. The van der Waals surface area contributed by atoms with Crippen molar-refractivity contribution in [3.05, 3.63) is 24.0 Å². The maximum absolute atomic E-state index is 12.5. The third-order valence-electron chi connectivity index (χ3n) is 1.20. The lowest BCUT2D eigenvalue weighted by molar-refractivity contribution is 0.631. The van der Waals surface area contributed by atoms with E-state index in [2.05, 4.69) is 0 Å². The zero-order chi connectivity index (χ0) is 7.56. The van der Waals surface area contributed by atoms with Gasteiger partial charge in [-0.15, -0.1) is 11.8 Å². The van der Waals surface area contributed by atoms with Gasteiger partial charge in [0.2, 0.25) is 0 Å². The number of rotatable bonds is 1. The molecule has 0 unspecified atom stereocenters. The molecule has 0 aliphatic heterocycles. The largest absolute Gasteiger partial charge is 0.396 e. The Morgan fingerprint density at radius 2 is 2.20 bits per heavy atom. The van der Waals surface area contributed by atoms with Crippen LogP contribution in [0.1, 0.15) is 0 Å². The summed E-state index contributed by atoms with van der Waals surface area (Å²) >= 11 is 1.54. The molecule has 3 heteroatoms. The van der Waals surface area contributed by atoms with Gasteiger partial charge in [0, 0.05) is 4.90 Å². The van der Waals surface area contributed by atoms with Gasteiger partial charge in [-0.2, -0.15) is 0 Å². The average molecular weight is 157 g/mol. The van der Waals surface area contributed by atoms with Crippen molar-refractivity contribution < 1.29 is 4.39 Å². The van der Waals surface area contributed by atoms with Crippen LogP contribution in [-0.2, 0) is 0 Å². The summed E-state index contributed by atoms with van der Waals surface area (Å²) in [7, 11) is 0. The first-order valence-corrected chi connectivity index (χ1v) is 4.05. The van der Waals surface area contributed by atoms with Gasteiger partial charge in [0.1, 0.15) is 5.82 Å². The zero-order valence-electron chi connectivity index (χ0n) is 5.60. The summed E-state index contributed by atoms with van der Waals surface area (Å²) in [5.41, 5.74) is 5.52. The maximum Gasteiger partial charge on any atom is 0.146 e. The standard InChI is InChI=1S/C7H8FNS/c1-10-5-2-3-6(8)7(9)4-5/h2-4H,9H2,1H3. The number of anilines is 1. The quantitative estimate of drug-likeness (QED) is 0.499. The first-order valence-electron chi connectivity index (χ1n) is 2.83. The zero-order valence-corrected chi connectivity index (χ0v) is 6.41. The van der Waals surface area contributed by atoms with Crippen molar-refractivity contribution in [2.45, 2.75) is 4.90 Å². The topological polar surface area (TPSA) is 26.0 Å². The molecule has 0 bridgehead atoms. The molecular weight excluding hydrogens is 149 g/mol. The molecule has 0 aliphatic rings. The number of benzene rings is 1. The van der Waals surface area contributed by atoms with Gasteiger partial charge in [-0.25, -0.2) is 4.39 Å². The molecule has 2 N–H and O–H groups in total. The summed E-state index contributed by atoms with van der Waals surface area (Å²) in [6.45, 7) is 0. The van der Waals surface area contributed by atoms with Gasteiger partial charge in [-0.05, 0) is 24.5 Å². The van der Waals surface area contributed by atoms with Crippen LogP contribution in [0.25, 0.3) is 0 Å². The van der Waals surface area contributed by atoms with Crippen LogP contribution < -0.4 is 5.73 Å². The summed E-state index contributed by atoms with van der Waals surface area (Å²) in [6.07, 6.45) is 1.92. The Balaban J connectivity index is 3.04. The number of halogens is 1. The van der Waals surface area contributed by atoms with E-state index in [-0.39, 0.29) is 11.5 Å². The van der Waals surface area contributed by atoms with E-state index in [0.717, 1.165) is 4.90 Å². The predicted octanol–water partition coefficient (Wildman–Crippen LogP) is 2.13. The molecule has 0 saturated heterocycles. The SMILES string of the molecule is CSc1ccc(F)c(N)c1. The van der Waals surface area contributed by atoms with Gasteiger partial charge in [0.15, 0.2) is 0 Å². The fourth-order valence-corrected chi connectivity index (χ4v) is 1.10. The summed E-state index contributed by atoms with van der Waals surface area (Å²) < 4.78 is 12.5. The highest BCUT2D eigenvalue weighted by Crippen LogP contribution is 2.19. The van der Waals surface area contributed by atoms with Crippen LogP contribution in [0, 0.1) is 5.82 Å². The van der Waals surface area contributed by atoms with Crippen molar-refractivity contribution in [2.75, 3.05) is 12.0 Å².